The van der Waals surface area contributed by atoms with E-state index in [1.165, 1.54) is 4.57 Å². The molecule has 0 bridgehead atoms. The van der Waals surface area contributed by atoms with E-state index in [2.05, 4.69) is 15.0 Å². The van der Waals surface area contributed by atoms with Crippen LogP contribution in [0.3, 0.4) is 0 Å². The van der Waals surface area contributed by atoms with Gasteiger partial charge in [0.15, 0.2) is 11.2 Å². The fourth-order valence-corrected chi connectivity index (χ4v) is 4.16. The molecule has 2 aromatic rings. The third-order valence-electron chi connectivity index (χ3n) is 4.44. The SMILES string of the molecule is CCCn1c(S(=O)(=O)CC)nc2nc(C3CCCC3)[nH]c2c1=O. The minimum absolute atomic E-state index is 0.0887. The lowest BCUT2D eigenvalue weighted by Gasteiger charge is -2.10. The second-order valence-corrected chi connectivity index (χ2v) is 8.23. The first-order chi connectivity index (χ1) is 11.0. The van der Waals surface area contributed by atoms with Gasteiger partial charge < -0.3 is 4.98 Å². The van der Waals surface area contributed by atoms with Gasteiger partial charge in [-0.2, -0.15) is 4.98 Å². The maximum atomic E-state index is 12.7. The maximum absolute atomic E-state index is 12.7. The molecule has 0 aromatic carbocycles. The lowest BCUT2D eigenvalue weighted by Crippen LogP contribution is -2.28. The van der Waals surface area contributed by atoms with Gasteiger partial charge >= 0.3 is 0 Å². The van der Waals surface area contributed by atoms with Crippen LogP contribution in [0.4, 0.5) is 0 Å². The van der Waals surface area contributed by atoms with Crippen LogP contribution in [0.15, 0.2) is 9.95 Å². The van der Waals surface area contributed by atoms with Crippen molar-refractivity contribution < 1.29 is 8.42 Å². The van der Waals surface area contributed by atoms with Crippen molar-refractivity contribution in [2.75, 3.05) is 5.75 Å². The molecule has 0 amide bonds. The molecule has 1 N–H and O–H groups in total. The molecule has 1 fully saturated rings. The van der Waals surface area contributed by atoms with Gasteiger partial charge in [-0.1, -0.05) is 26.7 Å². The number of hydrogen-bond donors (Lipinski definition) is 1. The number of sulfone groups is 1. The lowest BCUT2D eigenvalue weighted by molar-refractivity contribution is 0.538. The van der Waals surface area contributed by atoms with Crippen LogP contribution in [-0.4, -0.2) is 33.7 Å². The predicted molar refractivity (Wildman–Crippen MR) is 87.4 cm³/mol. The second kappa shape index (κ2) is 6.07. The Labute approximate surface area is 135 Å². The minimum atomic E-state index is -3.58. The third-order valence-corrected chi connectivity index (χ3v) is 6.07. The summed E-state index contributed by atoms with van der Waals surface area (Å²) in [6.07, 6.45) is 5.06. The number of nitrogens with zero attached hydrogens (tertiary/aromatic N) is 3. The highest BCUT2D eigenvalue weighted by atomic mass is 32.2. The van der Waals surface area contributed by atoms with E-state index >= 15 is 0 Å². The summed E-state index contributed by atoms with van der Waals surface area (Å²) in [7, 11) is -3.58. The molecule has 1 saturated carbocycles. The molecule has 23 heavy (non-hydrogen) atoms. The van der Waals surface area contributed by atoms with Gasteiger partial charge in [-0.05, 0) is 19.3 Å². The molecule has 0 atom stereocenters. The summed E-state index contributed by atoms with van der Waals surface area (Å²) in [6.45, 7) is 3.78. The van der Waals surface area contributed by atoms with Gasteiger partial charge in [0.25, 0.3) is 5.56 Å². The van der Waals surface area contributed by atoms with Crippen molar-refractivity contribution in [1.82, 2.24) is 19.5 Å². The molecule has 2 aromatic heterocycles. The van der Waals surface area contributed by atoms with Crippen LogP contribution in [0.1, 0.15) is 57.7 Å². The second-order valence-electron chi connectivity index (χ2n) is 6.06. The van der Waals surface area contributed by atoms with Crippen LogP contribution < -0.4 is 5.56 Å². The van der Waals surface area contributed by atoms with E-state index in [1.54, 1.807) is 6.92 Å². The Morgan fingerprint density at radius 2 is 1.91 bits per heavy atom. The van der Waals surface area contributed by atoms with Crippen molar-refractivity contribution >= 4 is 21.0 Å². The molecule has 0 unspecified atom stereocenters. The van der Waals surface area contributed by atoms with Crippen molar-refractivity contribution in [3.05, 3.63) is 16.2 Å². The van der Waals surface area contributed by atoms with Crippen LogP contribution in [0.25, 0.3) is 11.2 Å². The Bertz CT molecular complexity index is 876. The minimum Gasteiger partial charge on any atom is -0.336 e. The fraction of sp³-hybridized carbons (Fsp3) is 0.667. The number of imidazole rings is 1. The molecule has 7 nitrogen and oxygen atoms in total. The van der Waals surface area contributed by atoms with E-state index in [0.29, 0.717) is 24.4 Å². The smallest absolute Gasteiger partial charge is 0.280 e. The molecule has 1 aliphatic rings. The van der Waals surface area contributed by atoms with E-state index in [0.717, 1.165) is 31.5 Å². The number of nitrogens with one attached hydrogen (secondary N) is 1. The highest BCUT2D eigenvalue weighted by Gasteiger charge is 2.25. The van der Waals surface area contributed by atoms with Crippen LogP contribution in [-0.2, 0) is 16.4 Å². The number of hydrogen-bond acceptors (Lipinski definition) is 5. The highest BCUT2D eigenvalue weighted by molar-refractivity contribution is 7.91. The zero-order valence-corrected chi connectivity index (χ0v) is 14.3. The standard InChI is InChI=1S/C15H22N4O3S/c1-3-9-19-14(20)11-13(18-15(19)23(21,22)4-2)17-12(16-11)10-7-5-6-8-10/h10H,3-9H2,1-2H3,(H,16,17). The molecule has 3 rings (SSSR count). The van der Waals surface area contributed by atoms with Crippen molar-refractivity contribution in [2.45, 2.75) is 63.6 Å². The summed E-state index contributed by atoms with van der Waals surface area (Å²) in [4.78, 5) is 24.5. The van der Waals surface area contributed by atoms with Crippen LogP contribution >= 0.6 is 0 Å². The number of aromatic amines is 1. The quantitative estimate of drug-likeness (QED) is 0.841. The average Bonchev–Trinajstić information content (AvgIpc) is 3.18. The van der Waals surface area contributed by atoms with Crippen LogP contribution in [0.5, 0.6) is 0 Å². The largest absolute Gasteiger partial charge is 0.336 e. The van der Waals surface area contributed by atoms with Crippen molar-refractivity contribution in [3.63, 3.8) is 0 Å². The number of rotatable bonds is 5. The van der Waals surface area contributed by atoms with E-state index in [9.17, 15) is 13.2 Å². The zero-order chi connectivity index (χ0) is 16.6. The Hall–Kier alpha value is -1.70. The molecule has 0 radical (unpaired) electrons. The molecule has 126 valence electrons. The average molecular weight is 338 g/mol. The number of fused-ring (bicyclic) bond motifs is 1. The van der Waals surface area contributed by atoms with E-state index in [1.807, 2.05) is 6.92 Å². The number of H-pyrrole nitrogens is 1. The molecule has 0 spiro atoms. The Balaban J connectivity index is 2.23. The first kappa shape index (κ1) is 16.2. The Morgan fingerprint density at radius 3 is 2.52 bits per heavy atom. The molecule has 2 heterocycles. The first-order valence-electron chi connectivity index (χ1n) is 8.21. The normalized spacial score (nSPS) is 16.4. The first-order valence-corrected chi connectivity index (χ1v) is 9.86. The van der Waals surface area contributed by atoms with Crippen molar-refractivity contribution in [1.29, 1.82) is 0 Å². The summed E-state index contributed by atoms with van der Waals surface area (Å²) in [5, 5.41) is -0.163. The zero-order valence-electron chi connectivity index (χ0n) is 13.5. The predicted octanol–water partition coefficient (Wildman–Crippen LogP) is 1.98. The molecular weight excluding hydrogens is 316 g/mol. The van der Waals surface area contributed by atoms with Crippen molar-refractivity contribution in [2.24, 2.45) is 0 Å². The van der Waals surface area contributed by atoms with E-state index < -0.39 is 9.84 Å². The van der Waals surface area contributed by atoms with Gasteiger partial charge in [0.1, 0.15) is 5.82 Å². The Morgan fingerprint density at radius 1 is 1.22 bits per heavy atom. The molecule has 0 saturated heterocycles. The Kier molecular flexibility index (Phi) is 4.27. The van der Waals surface area contributed by atoms with Crippen LogP contribution in [0.2, 0.25) is 0 Å². The third kappa shape index (κ3) is 2.80. The summed E-state index contributed by atoms with van der Waals surface area (Å²) in [5.41, 5.74) is 0.187. The molecule has 1 aliphatic carbocycles. The topological polar surface area (TPSA) is 97.7 Å². The van der Waals surface area contributed by atoms with E-state index in [-0.39, 0.29) is 22.1 Å². The van der Waals surface area contributed by atoms with Gasteiger partial charge in [0.05, 0.1) is 5.75 Å². The molecular formula is C15H22N4O3S. The summed E-state index contributed by atoms with van der Waals surface area (Å²) in [6, 6.07) is 0. The highest BCUT2D eigenvalue weighted by Crippen LogP contribution is 2.32. The van der Waals surface area contributed by atoms with Crippen molar-refractivity contribution in [3.8, 4) is 0 Å². The van der Waals surface area contributed by atoms with Gasteiger partial charge in [0, 0.05) is 12.5 Å². The van der Waals surface area contributed by atoms with Gasteiger partial charge in [-0.25, -0.2) is 13.4 Å². The molecule has 8 heteroatoms. The summed E-state index contributed by atoms with van der Waals surface area (Å²) < 4.78 is 25.9. The molecule has 0 aliphatic heterocycles. The summed E-state index contributed by atoms with van der Waals surface area (Å²) in [5.74, 6) is 0.986. The fourth-order valence-electron chi connectivity index (χ4n) is 3.16. The van der Waals surface area contributed by atoms with E-state index in [4.69, 9.17) is 0 Å². The van der Waals surface area contributed by atoms with Crippen LogP contribution in [0, 0.1) is 0 Å². The van der Waals surface area contributed by atoms with Gasteiger partial charge in [-0.15, -0.1) is 0 Å². The number of aromatic nitrogens is 4. The maximum Gasteiger partial charge on any atom is 0.280 e. The monoisotopic (exact) mass is 338 g/mol. The van der Waals surface area contributed by atoms with Gasteiger partial charge in [0.2, 0.25) is 15.0 Å². The summed E-state index contributed by atoms with van der Waals surface area (Å²) >= 11 is 0. The van der Waals surface area contributed by atoms with Gasteiger partial charge in [-0.3, -0.25) is 9.36 Å². The lowest BCUT2D eigenvalue weighted by atomic mass is 10.1.